The third-order valence-electron chi connectivity index (χ3n) is 7.17. The fourth-order valence-electron chi connectivity index (χ4n) is 4.78. The summed E-state index contributed by atoms with van der Waals surface area (Å²) in [5.41, 5.74) is 0.217. The second kappa shape index (κ2) is 14.1. The van der Waals surface area contributed by atoms with Gasteiger partial charge in [0.2, 0.25) is 11.6 Å². The van der Waals surface area contributed by atoms with E-state index >= 15 is 0 Å². The largest absolute Gasteiger partial charge is 0.491 e. The number of nitrogens with zero attached hydrogens (tertiary/aromatic N) is 3. The number of aromatic nitrogens is 1. The van der Waals surface area contributed by atoms with Crippen LogP contribution < -0.4 is 5.76 Å². The highest BCUT2D eigenvalue weighted by molar-refractivity contribution is 7.90. The number of halogens is 1. The van der Waals surface area contributed by atoms with Crippen molar-refractivity contribution in [3.63, 3.8) is 0 Å². The van der Waals surface area contributed by atoms with Gasteiger partial charge in [-0.3, -0.25) is 0 Å². The minimum Gasteiger partial charge on any atom is -0.491 e. The van der Waals surface area contributed by atoms with Crippen molar-refractivity contribution in [2.45, 2.75) is 76.0 Å². The second-order valence-electron chi connectivity index (χ2n) is 10.2. The molecule has 1 aliphatic heterocycles. The highest BCUT2D eigenvalue weighted by Crippen LogP contribution is 2.35. The monoisotopic (exact) mass is 617 g/mol. The Morgan fingerprint density at radius 1 is 1.00 bits per heavy atom. The molecule has 0 radical (unpaired) electrons. The van der Waals surface area contributed by atoms with Crippen LogP contribution in [0, 0.1) is 0 Å². The number of unbranched alkanes of at least 4 members (excludes halogenated alkanes) is 9. The van der Waals surface area contributed by atoms with Crippen molar-refractivity contribution >= 4 is 39.1 Å². The van der Waals surface area contributed by atoms with Crippen LogP contribution >= 0.6 is 11.6 Å². The Labute approximate surface area is 250 Å². The standard InChI is InChI=1S/C30H36ClN3O7S/c1-3-4-5-6-7-8-9-10-11-14-19-40-29(36)21-17-18-22(31)24(20-21)34-28(35)26(41-30(34)37)27-32-23-15-12-13-16-25(23)42(38,39)33(27)2/h12-13,15-18,20,35H,3-11,14,19H2,1-2H3. The molecule has 3 aromatic rings. The highest BCUT2D eigenvalue weighted by atomic mass is 35.5. The van der Waals surface area contributed by atoms with Gasteiger partial charge in [0, 0.05) is 7.05 Å². The number of amidine groups is 1. The SMILES string of the molecule is CCCCCCCCCCCCOC(=O)c1ccc(Cl)c(-n2c(O)c(C3=Nc4ccccc4S(=O)(=O)N3C)oc2=O)c1. The van der Waals surface area contributed by atoms with Crippen LogP contribution in [-0.2, 0) is 14.8 Å². The normalized spacial score (nSPS) is 14.0. The number of esters is 1. The van der Waals surface area contributed by atoms with Crippen molar-refractivity contribution in [3.05, 3.63) is 69.4 Å². The molecule has 0 bridgehead atoms. The summed E-state index contributed by atoms with van der Waals surface area (Å²) in [4.78, 5) is 29.9. The first-order valence-corrected chi connectivity index (χ1v) is 16.1. The lowest BCUT2D eigenvalue weighted by molar-refractivity contribution is 0.0497. The first-order chi connectivity index (χ1) is 20.2. The van der Waals surface area contributed by atoms with E-state index < -0.39 is 33.4 Å². The Balaban J connectivity index is 1.44. The van der Waals surface area contributed by atoms with Gasteiger partial charge in [-0.15, -0.1) is 0 Å². The maximum Gasteiger partial charge on any atom is 0.427 e. The minimum atomic E-state index is -4.02. The maximum atomic E-state index is 13.0. The molecule has 0 unspecified atom stereocenters. The number of benzene rings is 2. The number of sulfonamides is 1. The first-order valence-electron chi connectivity index (χ1n) is 14.3. The number of carbonyl (C=O) groups excluding carboxylic acids is 1. The van der Waals surface area contributed by atoms with Crippen LogP contribution in [0.1, 0.15) is 87.3 Å². The summed E-state index contributed by atoms with van der Waals surface area (Å²) in [6.07, 6.45) is 11.6. The average molecular weight is 618 g/mol. The van der Waals surface area contributed by atoms with Gasteiger partial charge in [0.1, 0.15) is 4.90 Å². The molecule has 0 fully saturated rings. The number of fused-ring (bicyclic) bond motifs is 1. The molecule has 2 heterocycles. The number of hydrogen-bond donors (Lipinski definition) is 1. The van der Waals surface area contributed by atoms with E-state index in [0.717, 1.165) is 28.1 Å². The number of ether oxygens (including phenoxy) is 1. The van der Waals surface area contributed by atoms with Gasteiger partial charge in [0.05, 0.1) is 28.6 Å². The van der Waals surface area contributed by atoms with Crippen molar-refractivity contribution in [1.29, 1.82) is 0 Å². The van der Waals surface area contributed by atoms with E-state index in [9.17, 15) is 23.1 Å². The van der Waals surface area contributed by atoms with E-state index in [2.05, 4.69) is 11.9 Å². The van der Waals surface area contributed by atoms with Gasteiger partial charge in [-0.1, -0.05) is 88.4 Å². The van der Waals surface area contributed by atoms with Crippen molar-refractivity contribution < 1.29 is 27.5 Å². The molecule has 0 amide bonds. The summed E-state index contributed by atoms with van der Waals surface area (Å²) in [6, 6.07) is 10.2. The topological polar surface area (TPSA) is 131 Å². The summed E-state index contributed by atoms with van der Waals surface area (Å²) in [7, 11) is -2.78. The van der Waals surface area contributed by atoms with Crippen LogP contribution in [0.5, 0.6) is 5.88 Å². The molecule has 4 rings (SSSR count). The Hall–Kier alpha value is -3.57. The van der Waals surface area contributed by atoms with Crippen LogP contribution in [0.15, 0.2) is 61.6 Å². The summed E-state index contributed by atoms with van der Waals surface area (Å²) in [5.74, 6) is -3.12. The van der Waals surface area contributed by atoms with Crippen LogP contribution in [0.2, 0.25) is 5.02 Å². The molecule has 1 aromatic heterocycles. The van der Waals surface area contributed by atoms with Gasteiger partial charge in [0.25, 0.3) is 10.0 Å². The number of aliphatic imine (C=N–C) groups is 1. The Morgan fingerprint density at radius 3 is 2.33 bits per heavy atom. The van der Waals surface area contributed by atoms with Crippen LogP contribution in [0.25, 0.3) is 5.69 Å². The number of carbonyl (C=O) groups is 1. The van der Waals surface area contributed by atoms with E-state index in [0.29, 0.717) is 0 Å². The van der Waals surface area contributed by atoms with Gasteiger partial charge >= 0.3 is 11.7 Å². The number of rotatable bonds is 14. The smallest absolute Gasteiger partial charge is 0.427 e. The maximum absolute atomic E-state index is 13.0. The molecule has 2 aromatic carbocycles. The zero-order valence-electron chi connectivity index (χ0n) is 23.8. The van der Waals surface area contributed by atoms with Gasteiger partial charge in [-0.05, 0) is 36.8 Å². The van der Waals surface area contributed by atoms with Crippen LogP contribution in [0.4, 0.5) is 5.69 Å². The van der Waals surface area contributed by atoms with Crippen molar-refractivity contribution in [2.24, 2.45) is 4.99 Å². The van der Waals surface area contributed by atoms with Gasteiger partial charge < -0.3 is 14.3 Å². The van der Waals surface area contributed by atoms with Crippen LogP contribution in [0.3, 0.4) is 0 Å². The fraction of sp³-hybridized carbons (Fsp3) is 0.433. The molecule has 42 heavy (non-hydrogen) atoms. The van der Waals surface area contributed by atoms with E-state index in [1.54, 1.807) is 12.1 Å². The Kier molecular flexibility index (Phi) is 10.5. The number of aromatic hydroxyl groups is 1. The van der Waals surface area contributed by atoms with E-state index in [-0.39, 0.29) is 39.3 Å². The summed E-state index contributed by atoms with van der Waals surface area (Å²) in [6.45, 7) is 2.47. The molecule has 1 N–H and O–H groups in total. The summed E-state index contributed by atoms with van der Waals surface area (Å²) < 4.78 is 38.3. The number of hydrogen-bond acceptors (Lipinski definition) is 8. The van der Waals surface area contributed by atoms with Crippen molar-refractivity contribution in [3.8, 4) is 11.6 Å². The molecular weight excluding hydrogens is 582 g/mol. The Morgan fingerprint density at radius 2 is 1.64 bits per heavy atom. The molecule has 0 saturated heterocycles. The van der Waals surface area contributed by atoms with E-state index in [1.165, 1.54) is 82.3 Å². The van der Waals surface area contributed by atoms with Gasteiger partial charge in [-0.25, -0.2) is 31.9 Å². The molecule has 1 aliphatic rings. The van der Waals surface area contributed by atoms with Gasteiger partial charge in [-0.2, -0.15) is 0 Å². The van der Waals surface area contributed by atoms with Crippen molar-refractivity contribution in [1.82, 2.24) is 8.87 Å². The fourth-order valence-corrected chi connectivity index (χ4v) is 6.26. The molecule has 0 spiro atoms. The molecule has 0 atom stereocenters. The third-order valence-corrected chi connectivity index (χ3v) is 9.29. The van der Waals surface area contributed by atoms with E-state index in [4.69, 9.17) is 20.8 Å². The molecule has 12 heteroatoms. The molecule has 10 nitrogen and oxygen atoms in total. The van der Waals surface area contributed by atoms with E-state index in [1.807, 2.05) is 0 Å². The Bertz CT molecular complexity index is 1610. The lowest BCUT2D eigenvalue weighted by Crippen LogP contribution is -2.36. The quantitative estimate of drug-likeness (QED) is 0.160. The molecule has 0 aliphatic carbocycles. The number of para-hydroxylation sites is 1. The molecule has 226 valence electrons. The average Bonchev–Trinajstić information content (AvgIpc) is 3.27. The van der Waals surface area contributed by atoms with Crippen molar-refractivity contribution in [2.75, 3.05) is 13.7 Å². The second-order valence-corrected chi connectivity index (χ2v) is 12.6. The molecule has 0 saturated carbocycles. The summed E-state index contributed by atoms with van der Waals surface area (Å²) >= 11 is 6.34. The summed E-state index contributed by atoms with van der Waals surface area (Å²) in [5, 5.41) is 11.1. The predicted molar refractivity (Wildman–Crippen MR) is 161 cm³/mol. The lowest BCUT2D eigenvalue weighted by atomic mass is 10.1. The highest BCUT2D eigenvalue weighted by Gasteiger charge is 2.36. The third kappa shape index (κ3) is 6.90. The van der Waals surface area contributed by atoms with Gasteiger partial charge in [0.15, 0.2) is 5.84 Å². The zero-order valence-corrected chi connectivity index (χ0v) is 25.4. The predicted octanol–water partition coefficient (Wildman–Crippen LogP) is 6.58. The zero-order chi connectivity index (χ0) is 30.3. The number of oxazole rings is 1. The first kappa shape index (κ1) is 31.4. The molecular formula is C30H36ClN3O7S. The lowest BCUT2D eigenvalue weighted by Gasteiger charge is -2.24. The van der Waals surface area contributed by atoms with Crippen LogP contribution in [-0.4, -0.2) is 47.9 Å². The minimum absolute atomic E-state index is 0.0235.